The number of hydrogen-bond donors (Lipinski definition) is 1. The van der Waals surface area contributed by atoms with E-state index in [9.17, 15) is 24.8 Å². The Kier molecular flexibility index (Phi) is 3.72. The predicted molar refractivity (Wildman–Crippen MR) is 69.9 cm³/mol. The third-order valence-corrected chi connectivity index (χ3v) is 3.15. The molecule has 8 heteroatoms. The van der Waals surface area contributed by atoms with Gasteiger partial charge in [0.1, 0.15) is 6.54 Å². The summed E-state index contributed by atoms with van der Waals surface area (Å²) in [7, 11) is 1.17. The largest absolute Gasteiger partial charge is 0.468 e. The molecule has 0 saturated heterocycles. The second kappa shape index (κ2) is 5.33. The van der Waals surface area contributed by atoms with Crippen LogP contribution in [0.1, 0.15) is 5.56 Å². The molecule has 1 aromatic rings. The van der Waals surface area contributed by atoms with Crippen LogP contribution in [0.2, 0.25) is 0 Å². The standard InChI is InChI=1S/C13H12N2O6/c1-21-12(17)8-14-11(16)6-7-13(14,18)9-2-4-10(5-3-9)15(19)20/h2-7,18H,8H2,1H3. The third-order valence-electron chi connectivity index (χ3n) is 3.15. The minimum Gasteiger partial charge on any atom is -0.468 e. The van der Waals surface area contributed by atoms with Crippen molar-refractivity contribution in [1.29, 1.82) is 0 Å². The summed E-state index contributed by atoms with van der Waals surface area (Å²) in [6, 6.07) is 5.07. The molecule has 0 bridgehead atoms. The molecule has 1 atom stereocenters. The molecule has 1 aliphatic heterocycles. The maximum Gasteiger partial charge on any atom is 0.325 e. The van der Waals surface area contributed by atoms with E-state index in [2.05, 4.69) is 4.74 Å². The number of ether oxygens (including phenoxy) is 1. The van der Waals surface area contributed by atoms with Crippen LogP contribution in [-0.2, 0) is 20.1 Å². The van der Waals surface area contributed by atoms with Gasteiger partial charge in [0.15, 0.2) is 5.72 Å². The number of carbonyl (C=O) groups is 2. The molecule has 1 aliphatic rings. The second-order valence-corrected chi connectivity index (χ2v) is 4.36. The average Bonchev–Trinajstić information content (AvgIpc) is 2.76. The monoisotopic (exact) mass is 292 g/mol. The topological polar surface area (TPSA) is 110 Å². The Labute approximate surface area is 119 Å². The van der Waals surface area contributed by atoms with E-state index < -0.39 is 29.1 Å². The van der Waals surface area contributed by atoms with E-state index in [1.165, 1.54) is 37.5 Å². The van der Waals surface area contributed by atoms with Crippen LogP contribution in [0, 0.1) is 10.1 Å². The Morgan fingerprint density at radius 1 is 1.43 bits per heavy atom. The fourth-order valence-corrected chi connectivity index (χ4v) is 2.01. The summed E-state index contributed by atoms with van der Waals surface area (Å²) >= 11 is 0. The van der Waals surface area contributed by atoms with Gasteiger partial charge in [0.2, 0.25) is 5.91 Å². The molecule has 1 heterocycles. The highest BCUT2D eigenvalue weighted by atomic mass is 16.6. The summed E-state index contributed by atoms with van der Waals surface area (Å²) in [5.74, 6) is -1.24. The number of non-ortho nitro benzene ring substituents is 1. The predicted octanol–water partition coefficient (Wildman–Crippen LogP) is 0.311. The van der Waals surface area contributed by atoms with E-state index >= 15 is 0 Å². The van der Waals surface area contributed by atoms with Crippen molar-refractivity contribution in [2.45, 2.75) is 5.72 Å². The first-order valence-corrected chi connectivity index (χ1v) is 5.93. The van der Waals surface area contributed by atoms with Gasteiger partial charge in [-0.25, -0.2) is 0 Å². The van der Waals surface area contributed by atoms with Gasteiger partial charge in [-0.15, -0.1) is 0 Å². The number of hydrogen-bond acceptors (Lipinski definition) is 6. The van der Waals surface area contributed by atoms with Crippen molar-refractivity contribution in [3.05, 3.63) is 52.1 Å². The highest BCUT2D eigenvalue weighted by molar-refractivity contribution is 5.93. The van der Waals surface area contributed by atoms with E-state index in [4.69, 9.17) is 0 Å². The molecule has 110 valence electrons. The van der Waals surface area contributed by atoms with Crippen molar-refractivity contribution >= 4 is 17.6 Å². The van der Waals surface area contributed by atoms with Crippen LogP contribution in [0.3, 0.4) is 0 Å². The molecule has 0 saturated carbocycles. The number of rotatable bonds is 4. The number of esters is 1. The van der Waals surface area contributed by atoms with Gasteiger partial charge in [0.25, 0.3) is 5.69 Å². The van der Waals surface area contributed by atoms with Crippen molar-refractivity contribution in [1.82, 2.24) is 4.90 Å². The minimum absolute atomic E-state index is 0.143. The lowest BCUT2D eigenvalue weighted by Crippen LogP contribution is -2.46. The summed E-state index contributed by atoms with van der Waals surface area (Å²) in [5.41, 5.74) is -1.74. The van der Waals surface area contributed by atoms with Crippen LogP contribution < -0.4 is 0 Å². The minimum atomic E-state index is -1.83. The highest BCUT2D eigenvalue weighted by Gasteiger charge is 2.42. The Morgan fingerprint density at radius 2 is 2.05 bits per heavy atom. The molecule has 0 aliphatic carbocycles. The Balaban J connectivity index is 2.34. The quantitative estimate of drug-likeness (QED) is 0.486. The van der Waals surface area contributed by atoms with Gasteiger partial charge in [-0.05, 0) is 18.2 Å². The zero-order chi connectivity index (χ0) is 15.6. The first-order chi connectivity index (χ1) is 9.88. The molecule has 8 nitrogen and oxygen atoms in total. The zero-order valence-corrected chi connectivity index (χ0v) is 11.1. The molecule has 0 aromatic heterocycles. The second-order valence-electron chi connectivity index (χ2n) is 4.36. The van der Waals surface area contributed by atoms with Gasteiger partial charge in [-0.2, -0.15) is 0 Å². The number of benzene rings is 1. The first kappa shape index (κ1) is 14.7. The van der Waals surface area contributed by atoms with Crippen molar-refractivity contribution < 1.29 is 24.4 Å². The van der Waals surface area contributed by atoms with Crippen molar-refractivity contribution in [2.75, 3.05) is 13.7 Å². The fourth-order valence-electron chi connectivity index (χ4n) is 2.01. The highest BCUT2D eigenvalue weighted by Crippen LogP contribution is 2.32. The van der Waals surface area contributed by atoms with Gasteiger partial charge >= 0.3 is 5.97 Å². The smallest absolute Gasteiger partial charge is 0.325 e. The number of nitrogens with zero attached hydrogens (tertiary/aromatic N) is 2. The Hall–Kier alpha value is -2.74. The van der Waals surface area contributed by atoms with Crippen LogP contribution >= 0.6 is 0 Å². The van der Waals surface area contributed by atoms with E-state index in [1.54, 1.807) is 0 Å². The number of aliphatic hydroxyl groups is 1. The zero-order valence-electron chi connectivity index (χ0n) is 11.1. The molecule has 0 spiro atoms. The number of carbonyl (C=O) groups excluding carboxylic acids is 2. The number of methoxy groups -OCH3 is 1. The molecule has 1 N–H and O–H groups in total. The van der Waals surface area contributed by atoms with E-state index in [0.29, 0.717) is 0 Å². The SMILES string of the molecule is COC(=O)CN1C(=O)C=CC1(O)c1ccc([N+](=O)[O-])cc1. The molecular weight excluding hydrogens is 280 g/mol. The summed E-state index contributed by atoms with van der Waals surface area (Å²) < 4.78 is 4.48. The van der Waals surface area contributed by atoms with E-state index in [0.717, 1.165) is 11.0 Å². The lowest BCUT2D eigenvalue weighted by molar-refractivity contribution is -0.384. The molecule has 1 unspecified atom stereocenters. The summed E-state index contributed by atoms with van der Waals surface area (Å²) in [6.07, 6.45) is 2.35. The van der Waals surface area contributed by atoms with Gasteiger partial charge in [0.05, 0.1) is 12.0 Å². The Bertz CT molecular complexity index is 624. The van der Waals surface area contributed by atoms with Gasteiger partial charge < -0.3 is 9.84 Å². The lowest BCUT2D eigenvalue weighted by Gasteiger charge is -2.32. The summed E-state index contributed by atoms with van der Waals surface area (Å²) in [6.45, 7) is -0.435. The molecule has 2 rings (SSSR count). The van der Waals surface area contributed by atoms with E-state index in [-0.39, 0.29) is 11.3 Å². The first-order valence-electron chi connectivity index (χ1n) is 5.93. The molecule has 21 heavy (non-hydrogen) atoms. The van der Waals surface area contributed by atoms with Gasteiger partial charge in [-0.3, -0.25) is 24.6 Å². The molecule has 0 fully saturated rings. The van der Waals surface area contributed by atoms with Crippen LogP contribution in [0.4, 0.5) is 5.69 Å². The van der Waals surface area contributed by atoms with Crippen LogP contribution in [0.15, 0.2) is 36.4 Å². The van der Waals surface area contributed by atoms with E-state index in [1.807, 2.05) is 0 Å². The molecule has 1 aromatic carbocycles. The normalized spacial score (nSPS) is 20.7. The van der Waals surface area contributed by atoms with Crippen LogP contribution in [0.5, 0.6) is 0 Å². The van der Waals surface area contributed by atoms with Crippen molar-refractivity contribution in [3.63, 3.8) is 0 Å². The number of amides is 1. The lowest BCUT2D eigenvalue weighted by atomic mass is 10.0. The maximum absolute atomic E-state index is 11.8. The number of nitro benzene ring substituents is 1. The van der Waals surface area contributed by atoms with Crippen LogP contribution in [-0.4, -0.2) is 40.5 Å². The number of nitro groups is 1. The fraction of sp³-hybridized carbons (Fsp3) is 0.231. The molecule has 0 radical (unpaired) electrons. The molecular formula is C13H12N2O6. The Morgan fingerprint density at radius 3 is 2.57 bits per heavy atom. The van der Waals surface area contributed by atoms with Crippen molar-refractivity contribution in [2.24, 2.45) is 0 Å². The average molecular weight is 292 g/mol. The maximum atomic E-state index is 11.8. The van der Waals surface area contributed by atoms with Gasteiger partial charge in [-0.1, -0.05) is 0 Å². The summed E-state index contributed by atoms with van der Waals surface area (Å²) in [5, 5.41) is 21.2. The molecule has 1 amide bonds. The summed E-state index contributed by atoms with van der Waals surface area (Å²) in [4.78, 5) is 34.0. The third kappa shape index (κ3) is 2.61. The van der Waals surface area contributed by atoms with Crippen LogP contribution in [0.25, 0.3) is 0 Å². The van der Waals surface area contributed by atoms with Crippen molar-refractivity contribution in [3.8, 4) is 0 Å². The van der Waals surface area contributed by atoms with Gasteiger partial charge in [0, 0.05) is 23.8 Å².